The first-order valence-electron chi connectivity index (χ1n) is 10.6. The van der Waals surface area contributed by atoms with Gasteiger partial charge < -0.3 is 30.8 Å². The van der Waals surface area contributed by atoms with Crippen LogP contribution in [0.4, 0.5) is 16.2 Å². The lowest BCUT2D eigenvalue weighted by molar-refractivity contribution is 0.00578. The zero-order chi connectivity index (χ0) is 23.5. The number of nitrogens with two attached hydrogens (primary N) is 2. The standard InChI is InChI=1S/C24H32BN3O4/c1-16-11-20(26)21(27)13-18(16)12-19(25-31-23(2,3)24(4,5)32-25)14-28-22(29)30-15-17-9-7-6-8-10-17/h6-13H,14-15,26-27H2,1-5H3,(H,28,29). The third kappa shape index (κ3) is 5.44. The summed E-state index contributed by atoms with van der Waals surface area (Å²) in [6.07, 6.45) is 1.40. The van der Waals surface area contributed by atoms with Crippen molar-refractivity contribution < 1.29 is 18.8 Å². The van der Waals surface area contributed by atoms with Crippen LogP contribution < -0.4 is 16.8 Å². The summed E-state index contributed by atoms with van der Waals surface area (Å²) < 4.78 is 17.8. The zero-order valence-corrected chi connectivity index (χ0v) is 19.4. The van der Waals surface area contributed by atoms with Crippen LogP contribution in [0.5, 0.6) is 0 Å². The highest BCUT2D eigenvalue weighted by atomic mass is 16.7. The molecule has 0 radical (unpaired) electrons. The van der Waals surface area contributed by atoms with Crippen molar-refractivity contribution in [2.75, 3.05) is 18.0 Å². The molecule has 1 amide bonds. The number of amides is 1. The first-order chi connectivity index (χ1) is 15.0. The Bertz CT molecular complexity index is 990. The smallest absolute Gasteiger partial charge is 0.445 e. The van der Waals surface area contributed by atoms with Crippen molar-refractivity contribution in [2.45, 2.75) is 52.4 Å². The Balaban J connectivity index is 1.78. The predicted octanol–water partition coefficient (Wildman–Crippen LogP) is 4.10. The normalized spacial score (nSPS) is 17.3. The maximum atomic E-state index is 12.3. The van der Waals surface area contributed by atoms with E-state index in [2.05, 4.69) is 5.32 Å². The molecule has 1 saturated heterocycles. The average Bonchev–Trinajstić information content (AvgIpc) is 2.95. The monoisotopic (exact) mass is 437 g/mol. The fourth-order valence-corrected chi connectivity index (χ4v) is 3.27. The van der Waals surface area contributed by atoms with E-state index >= 15 is 0 Å². The van der Waals surface area contributed by atoms with Crippen molar-refractivity contribution in [3.05, 3.63) is 64.6 Å². The Morgan fingerprint density at radius 2 is 1.66 bits per heavy atom. The van der Waals surface area contributed by atoms with Crippen LogP contribution in [0, 0.1) is 6.92 Å². The number of carbonyl (C=O) groups is 1. The Morgan fingerprint density at radius 1 is 1.06 bits per heavy atom. The number of ether oxygens (including phenoxy) is 1. The molecule has 7 nitrogen and oxygen atoms in total. The maximum Gasteiger partial charge on any atom is 0.492 e. The lowest BCUT2D eigenvalue weighted by Crippen LogP contribution is -2.41. The SMILES string of the molecule is Cc1cc(N)c(N)cc1C=C(CNC(=O)OCc1ccccc1)B1OC(C)(C)C(C)(C)O1. The number of nitrogen functional groups attached to an aromatic ring is 2. The Hall–Kier alpha value is -2.97. The number of hydrogen-bond acceptors (Lipinski definition) is 6. The van der Waals surface area contributed by atoms with Gasteiger partial charge in [-0.25, -0.2) is 4.79 Å². The molecule has 0 spiro atoms. The summed E-state index contributed by atoms with van der Waals surface area (Å²) >= 11 is 0. The van der Waals surface area contributed by atoms with Crippen LogP contribution in [-0.2, 0) is 20.7 Å². The van der Waals surface area contributed by atoms with Gasteiger partial charge in [0.05, 0.1) is 22.6 Å². The van der Waals surface area contributed by atoms with Crippen molar-refractivity contribution in [3.8, 4) is 0 Å². The van der Waals surface area contributed by atoms with Gasteiger partial charge in [0.15, 0.2) is 0 Å². The van der Waals surface area contributed by atoms with Crippen LogP contribution in [0.2, 0.25) is 0 Å². The molecule has 1 aliphatic rings. The highest BCUT2D eigenvalue weighted by Gasteiger charge is 2.52. The molecule has 8 heteroatoms. The van der Waals surface area contributed by atoms with Gasteiger partial charge in [-0.3, -0.25) is 0 Å². The number of carbonyl (C=O) groups excluding carboxylic acids is 1. The number of alkyl carbamates (subject to hydrolysis) is 1. The largest absolute Gasteiger partial charge is 0.492 e. The van der Waals surface area contributed by atoms with Crippen LogP contribution in [0.25, 0.3) is 6.08 Å². The van der Waals surface area contributed by atoms with E-state index in [1.54, 1.807) is 0 Å². The Morgan fingerprint density at radius 3 is 2.28 bits per heavy atom. The molecule has 1 aliphatic heterocycles. The second-order valence-corrected chi connectivity index (χ2v) is 9.06. The van der Waals surface area contributed by atoms with Crippen LogP contribution in [0.1, 0.15) is 44.4 Å². The molecule has 0 aliphatic carbocycles. The molecular formula is C24H32BN3O4. The van der Waals surface area contributed by atoms with E-state index in [1.807, 2.05) is 83.2 Å². The summed E-state index contributed by atoms with van der Waals surface area (Å²) in [4.78, 5) is 12.3. The molecule has 1 fully saturated rings. The molecular weight excluding hydrogens is 405 g/mol. The lowest BCUT2D eigenvalue weighted by atomic mass is 9.76. The van der Waals surface area contributed by atoms with Gasteiger partial charge in [0.1, 0.15) is 6.61 Å². The van der Waals surface area contributed by atoms with Crippen molar-refractivity contribution in [2.24, 2.45) is 0 Å². The van der Waals surface area contributed by atoms with Gasteiger partial charge in [0.2, 0.25) is 0 Å². The fraction of sp³-hybridized carbons (Fsp3) is 0.375. The van der Waals surface area contributed by atoms with Gasteiger partial charge >= 0.3 is 13.2 Å². The molecule has 1 heterocycles. The number of hydrogen-bond donors (Lipinski definition) is 3. The van der Waals surface area contributed by atoms with Crippen LogP contribution in [-0.4, -0.2) is 31.0 Å². The maximum absolute atomic E-state index is 12.3. The molecule has 0 bridgehead atoms. The van der Waals surface area contributed by atoms with E-state index in [9.17, 15) is 4.79 Å². The topological polar surface area (TPSA) is 109 Å². The number of anilines is 2. The van der Waals surface area contributed by atoms with E-state index < -0.39 is 24.4 Å². The minimum absolute atomic E-state index is 0.189. The van der Waals surface area contributed by atoms with Gasteiger partial charge in [-0.05, 0) is 68.9 Å². The second kappa shape index (κ2) is 9.26. The van der Waals surface area contributed by atoms with E-state index in [4.69, 9.17) is 25.5 Å². The first kappa shape index (κ1) is 23.7. The van der Waals surface area contributed by atoms with Crippen LogP contribution >= 0.6 is 0 Å². The molecule has 170 valence electrons. The number of nitrogens with one attached hydrogen (secondary N) is 1. The van der Waals surface area contributed by atoms with Gasteiger partial charge in [-0.1, -0.05) is 36.4 Å². The van der Waals surface area contributed by atoms with E-state index in [0.29, 0.717) is 11.4 Å². The van der Waals surface area contributed by atoms with E-state index in [-0.39, 0.29) is 13.2 Å². The lowest BCUT2D eigenvalue weighted by Gasteiger charge is -2.32. The van der Waals surface area contributed by atoms with Crippen molar-refractivity contribution >= 4 is 30.7 Å². The van der Waals surface area contributed by atoms with Crippen molar-refractivity contribution in [3.63, 3.8) is 0 Å². The highest BCUT2D eigenvalue weighted by molar-refractivity contribution is 6.56. The highest BCUT2D eigenvalue weighted by Crippen LogP contribution is 2.39. The molecule has 32 heavy (non-hydrogen) atoms. The number of benzene rings is 2. The zero-order valence-electron chi connectivity index (χ0n) is 19.4. The summed E-state index contributed by atoms with van der Waals surface area (Å²) in [6, 6.07) is 13.1. The van der Waals surface area contributed by atoms with Crippen molar-refractivity contribution in [1.82, 2.24) is 5.32 Å². The first-order valence-corrected chi connectivity index (χ1v) is 10.6. The van der Waals surface area contributed by atoms with Crippen LogP contribution in [0.15, 0.2) is 47.9 Å². The summed E-state index contributed by atoms with van der Waals surface area (Å²) in [5.74, 6) is 0. The molecule has 2 aromatic rings. The summed E-state index contributed by atoms with van der Waals surface area (Å²) in [7, 11) is -0.632. The van der Waals surface area contributed by atoms with Gasteiger partial charge in [0, 0.05) is 6.54 Å². The number of aryl methyl sites for hydroxylation is 1. The van der Waals surface area contributed by atoms with Gasteiger partial charge in [-0.15, -0.1) is 0 Å². The molecule has 0 unspecified atom stereocenters. The minimum atomic E-state index is -0.632. The van der Waals surface area contributed by atoms with Gasteiger partial charge in [-0.2, -0.15) is 0 Å². The molecule has 5 N–H and O–H groups in total. The number of rotatable bonds is 6. The molecule has 2 aromatic carbocycles. The Labute approximate surface area is 190 Å². The van der Waals surface area contributed by atoms with Gasteiger partial charge in [0.25, 0.3) is 0 Å². The molecule has 3 rings (SSSR count). The molecule has 0 atom stereocenters. The van der Waals surface area contributed by atoms with Crippen LogP contribution in [0.3, 0.4) is 0 Å². The summed E-state index contributed by atoms with van der Waals surface area (Å²) in [5, 5.41) is 2.80. The third-order valence-electron chi connectivity index (χ3n) is 6.02. The predicted molar refractivity (Wildman–Crippen MR) is 129 cm³/mol. The van der Waals surface area contributed by atoms with E-state index in [0.717, 1.165) is 22.2 Å². The fourth-order valence-electron chi connectivity index (χ4n) is 3.27. The average molecular weight is 437 g/mol. The van der Waals surface area contributed by atoms with Crippen molar-refractivity contribution in [1.29, 1.82) is 0 Å². The minimum Gasteiger partial charge on any atom is -0.445 e. The molecule has 0 saturated carbocycles. The Kier molecular flexibility index (Phi) is 6.86. The summed E-state index contributed by atoms with van der Waals surface area (Å²) in [6.45, 7) is 10.3. The second-order valence-electron chi connectivity index (χ2n) is 9.06. The quantitative estimate of drug-likeness (QED) is 0.464. The van der Waals surface area contributed by atoms with E-state index in [1.165, 1.54) is 0 Å². The molecule has 0 aromatic heterocycles. The third-order valence-corrected chi connectivity index (χ3v) is 6.02. The summed E-state index contributed by atoms with van der Waals surface area (Å²) in [5.41, 5.74) is 15.4.